The van der Waals surface area contributed by atoms with Gasteiger partial charge in [-0.2, -0.15) is 5.26 Å². The third-order valence-electron chi connectivity index (χ3n) is 8.51. The van der Waals surface area contributed by atoms with Gasteiger partial charge in [0.05, 0.1) is 29.1 Å². The van der Waals surface area contributed by atoms with Crippen LogP contribution in [0.15, 0.2) is 91.4 Å². The molecule has 1 saturated heterocycles. The monoisotopic (exact) mass is 545 g/mol. The van der Waals surface area contributed by atoms with Crippen LogP contribution < -0.4 is 4.74 Å². The minimum atomic E-state index is -0.474. The lowest BCUT2D eigenvalue weighted by molar-refractivity contribution is -0.139. The van der Waals surface area contributed by atoms with Gasteiger partial charge in [0.25, 0.3) is 0 Å². The quantitative estimate of drug-likeness (QED) is 0.282. The molecule has 2 fully saturated rings. The van der Waals surface area contributed by atoms with Gasteiger partial charge < -0.3 is 14.2 Å². The highest BCUT2D eigenvalue weighted by Crippen LogP contribution is 2.44. The first-order valence-corrected chi connectivity index (χ1v) is 14.5. The smallest absolute Gasteiger partial charge is 0.233 e. The molecule has 3 aromatic carbocycles. The van der Waals surface area contributed by atoms with Crippen LogP contribution in [0.1, 0.15) is 48.1 Å². The first-order valence-electron chi connectivity index (χ1n) is 14.5. The molecule has 1 saturated carbocycles. The number of piperazine rings is 1. The summed E-state index contributed by atoms with van der Waals surface area (Å²) in [5.74, 6) is 1.83. The molecule has 41 heavy (non-hydrogen) atoms. The van der Waals surface area contributed by atoms with E-state index in [9.17, 15) is 4.79 Å². The van der Waals surface area contributed by atoms with E-state index in [0.29, 0.717) is 5.56 Å². The Morgan fingerprint density at radius 3 is 2.34 bits per heavy atom. The van der Waals surface area contributed by atoms with Gasteiger partial charge in [0.15, 0.2) is 0 Å². The van der Waals surface area contributed by atoms with Gasteiger partial charge in [-0.3, -0.25) is 9.69 Å². The van der Waals surface area contributed by atoms with E-state index in [-0.39, 0.29) is 5.91 Å². The summed E-state index contributed by atoms with van der Waals surface area (Å²) in [5, 5.41) is 9.06. The first kappa shape index (κ1) is 26.8. The van der Waals surface area contributed by atoms with Crippen LogP contribution in [0.2, 0.25) is 0 Å². The Morgan fingerprint density at radius 1 is 0.878 bits per heavy atom. The number of nitriles is 1. The van der Waals surface area contributed by atoms with Gasteiger partial charge in [-0.25, -0.2) is 4.98 Å². The predicted molar refractivity (Wildman–Crippen MR) is 157 cm³/mol. The maximum atomic E-state index is 14.2. The number of imidazole rings is 1. The molecular weight excluding hydrogens is 510 g/mol. The van der Waals surface area contributed by atoms with Gasteiger partial charge in [0.2, 0.25) is 5.91 Å². The van der Waals surface area contributed by atoms with E-state index in [0.717, 1.165) is 93.3 Å². The molecule has 7 heteroatoms. The molecule has 0 bridgehead atoms. The number of nitrogens with zero attached hydrogens (tertiary/aromatic N) is 5. The Morgan fingerprint density at radius 2 is 1.61 bits per heavy atom. The highest BCUT2D eigenvalue weighted by molar-refractivity contribution is 5.89. The highest BCUT2D eigenvalue weighted by atomic mass is 16.5. The van der Waals surface area contributed by atoms with Crippen molar-refractivity contribution in [2.24, 2.45) is 0 Å². The lowest BCUT2D eigenvalue weighted by atomic mass is 9.77. The number of hydrogen-bond acceptors (Lipinski definition) is 5. The average Bonchev–Trinajstić information content (AvgIpc) is 3.69. The van der Waals surface area contributed by atoms with Crippen molar-refractivity contribution in [3.63, 3.8) is 0 Å². The van der Waals surface area contributed by atoms with Crippen LogP contribution in [0.5, 0.6) is 11.5 Å². The number of hydrogen-bond donors (Lipinski definition) is 0. The molecule has 2 aliphatic rings. The van der Waals surface area contributed by atoms with Gasteiger partial charge in [-0.1, -0.05) is 55.3 Å². The van der Waals surface area contributed by atoms with E-state index in [1.807, 2.05) is 79.3 Å². The van der Waals surface area contributed by atoms with Crippen LogP contribution in [0, 0.1) is 11.3 Å². The summed E-state index contributed by atoms with van der Waals surface area (Å²) in [6, 6.07) is 27.8. The van der Waals surface area contributed by atoms with Crippen LogP contribution in [-0.2, 0) is 23.3 Å². The van der Waals surface area contributed by atoms with Crippen molar-refractivity contribution in [3.05, 3.63) is 114 Å². The molecule has 1 aliphatic heterocycles. The zero-order valence-electron chi connectivity index (χ0n) is 23.3. The fourth-order valence-corrected chi connectivity index (χ4v) is 6.23. The summed E-state index contributed by atoms with van der Waals surface area (Å²) in [6.07, 6.45) is 7.70. The van der Waals surface area contributed by atoms with E-state index in [1.165, 1.54) is 0 Å². The summed E-state index contributed by atoms with van der Waals surface area (Å²) in [7, 11) is 0. The van der Waals surface area contributed by atoms with Crippen LogP contribution >= 0.6 is 0 Å². The molecule has 2 heterocycles. The first-order chi connectivity index (χ1) is 20.1. The second-order valence-electron chi connectivity index (χ2n) is 11.1. The third kappa shape index (κ3) is 5.89. The van der Waals surface area contributed by atoms with E-state index in [4.69, 9.17) is 10.00 Å². The fourth-order valence-electron chi connectivity index (χ4n) is 6.23. The maximum Gasteiger partial charge on any atom is 0.233 e. The standard InChI is InChI=1S/C34H35N5O2/c35-22-27-11-13-28(14-12-27)24-39-26-36-23-30(39)25-37-17-19-38(20-18-37)33(40)34(15-4-5-16-34)29-7-6-10-32(21-29)41-31-8-2-1-3-9-31/h1-3,6-14,21,23,26H,4-5,15-20,24-25H2. The molecule has 0 unspecified atom stereocenters. The van der Waals surface area contributed by atoms with Crippen molar-refractivity contribution in [2.45, 2.75) is 44.2 Å². The van der Waals surface area contributed by atoms with E-state index in [2.05, 4.69) is 37.6 Å². The van der Waals surface area contributed by atoms with Crippen molar-refractivity contribution in [2.75, 3.05) is 26.2 Å². The van der Waals surface area contributed by atoms with Crippen molar-refractivity contribution in [1.29, 1.82) is 5.26 Å². The van der Waals surface area contributed by atoms with Crippen molar-refractivity contribution >= 4 is 5.91 Å². The highest BCUT2D eigenvalue weighted by Gasteiger charge is 2.45. The second kappa shape index (κ2) is 12.0. The third-order valence-corrected chi connectivity index (χ3v) is 8.51. The summed E-state index contributed by atoms with van der Waals surface area (Å²) >= 11 is 0. The topological polar surface area (TPSA) is 74.4 Å². The minimum Gasteiger partial charge on any atom is -0.457 e. The Balaban J connectivity index is 1.10. The lowest BCUT2D eigenvalue weighted by Crippen LogP contribution is -2.53. The molecule has 1 aromatic heterocycles. The molecule has 0 spiro atoms. The molecule has 6 rings (SSSR count). The molecule has 0 N–H and O–H groups in total. The van der Waals surface area contributed by atoms with Crippen molar-refractivity contribution in [1.82, 2.24) is 19.4 Å². The van der Waals surface area contributed by atoms with Crippen LogP contribution in [0.4, 0.5) is 0 Å². The average molecular weight is 546 g/mol. The van der Waals surface area contributed by atoms with Gasteiger partial charge in [-0.05, 0) is 60.4 Å². The molecule has 0 radical (unpaired) electrons. The summed E-state index contributed by atoms with van der Waals surface area (Å²) in [5.41, 5.74) is 3.55. The molecule has 208 valence electrons. The molecule has 0 atom stereocenters. The number of para-hydroxylation sites is 1. The number of ether oxygens (including phenoxy) is 1. The molecule has 1 amide bonds. The van der Waals surface area contributed by atoms with Crippen LogP contribution in [0.25, 0.3) is 0 Å². The predicted octanol–water partition coefficient (Wildman–Crippen LogP) is 5.75. The van der Waals surface area contributed by atoms with E-state index < -0.39 is 5.41 Å². The molecule has 1 aliphatic carbocycles. The van der Waals surface area contributed by atoms with Gasteiger partial charge in [0.1, 0.15) is 11.5 Å². The number of carbonyl (C=O) groups excluding carboxylic acids is 1. The lowest BCUT2D eigenvalue weighted by Gasteiger charge is -2.40. The van der Waals surface area contributed by atoms with E-state index in [1.54, 1.807) is 0 Å². The van der Waals surface area contributed by atoms with E-state index >= 15 is 0 Å². The van der Waals surface area contributed by atoms with Crippen LogP contribution in [0.3, 0.4) is 0 Å². The maximum absolute atomic E-state index is 14.2. The number of amides is 1. The number of carbonyl (C=O) groups is 1. The number of aromatic nitrogens is 2. The summed E-state index contributed by atoms with van der Waals surface area (Å²) < 4.78 is 8.28. The van der Waals surface area contributed by atoms with Crippen LogP contribution in [-0.4, -0.2) is 51.4 Å². The zero-order chi connectivity index (χ0) is 28.1. The van der Waals surface area contributed by atoms with Gasteiger partial charge in [0, 0.05) is 45.5 Å². The zero-order valence-corrected chi connectivity index (χ0v) is 23.3. The van der Waals surface area contributed by atoms with Gasteiger partial charge in [-0.15, -0.1) is 0 Å². The minimum absolute atomic E-state index is 0.261. The molecule has 7 nitrogen and oxygen atoms in total. The van der Waals surface area contributed by atoms with Crippen molar-refractivity contribution in [3.8, 4) is 17.6 Å². The van der Waals surface area contributed by atoms with Crippen molar-refractivity contribution < 1.29 is 9.53 Å². The van der Waals surface area contributed by atoms with Gasteiger partial charge >= 0.3 is 0 Å². The normalized spacial score (nSPS) is 16.8. The summed E-state index contributed by atoms with van der Waals surface area (Å²) in [6.45, 7) is 4.63. The fraction of sp³-hybridized carbons (Fsp3) is 0.324. The Hall–Kier alpha value is -4.41. The second-order valence-corrected chi connectivity index (χ2v) is 11.1. The Bertz CT molecular complexity index is 1510. The number of rotatable bonds is 8. The molecule has 4 aromatic rings. The Labute approximate surface area is 241 Å². The Kier molecular flexibility index (Phi) is 7.84. The number of benzene rings is 3. The molecular formula is C34H35N5O2. The summed E-state index contributed by atoms with van der Waals surface area (Å²) in [4.78, 5) is 23.0. The SMILES string of the molecule is N#Cc1ccc(Cn2cncc2CN2CCN(C(=O)C3(c4cccc(Oc5ccccc5)c4)CCCC3)CC2)cc1. The largest absolute Gasteiger partial charge is 0.457 e.